The Balaban J connectivity index is 2.18. The summed E-state index contributed by atoms with van der Waals surface area (Å²) in [7, 11) is 0. The Morgan fingerprint density at radius 1 is 1.29 bits per heavy atom. The van der Waals surface area contributed by atoms with E-state index < -0.39 is 12.1 Å². The van der Waals surface area contributed by atoms with Crippen LogP contribution < -0.4 is 16.4 Å². The van der Waals surface area contributed by atoms with E-state index in [2.05, 4.69) is 10.6 Å². The van der Waals surface area contributed by atoms with Crippen molar-refractivity contribution in [1.29, 1.82) is 0 Å². The molecule has 90 valence electrons. The highest BCUT2D eigenvalue weighted by Crippen LogP contribution is 2.17. The zero-order valence-electron chi connectivity index (χ0n) is 9.62. The fourth-order valence-corrected chi connectivity index (χ4v) is 2.00. The van der Waals surface area contributed by atoms with Crippen LogP contribution in [0.15, 0.2) is 18.2 Å². The Labute approximate surface area is 99.4 Å². The molecule has 1 aliphatic rings. The molecule has 4 N–H and O–H groups in total. The summed E-state index contributed by atoms with van der Waals surface area (Å²) in [6.07, 6.45) is 1.35. The lowest BCUT2D eigenvalue weighted by Gasteiger charge is -2.12. The van der Waals surface area contributed by atoms with Crippen LogP contribution in [-0.4, -0.2) is 18.0 Å². The van der Waals surface area contributed by atoms with Gasteiger partial charge in [0.25, 0.3) is 5.91 Å². The summed E-state index contributed by atoms with van der Waals surface area (Å²) >= 11 is 0. The van der Waals surface area contributed by atoms with E-state index in [1.807, 2.05) is 25.1 Å². The van der Waals surface area contributed by atoms with Gasteiger partial charge in [-0.2, -0.15) is 0 Å². The Morgan fingerprint density at radius 3 is 2.65 bits per heavy atom. The molecule has 3 amide bonds. The molecule has 1 saturated heterocycles. The molecule has 2 rings (SSSR count). The summed E-state index contributed by atoms with van der Waals surface area (Å²) in [5.41, 5.74) is 8.58. The van der Waals surface area contributed by atoms with Crippen molar-refractivity contribution in [3.8, 4) is 0 Å². The number of anilines is 1. The van der Waals surface area contributed by atoms with Gasteiger partial charge >= 0.3 is 6.03 Å². The van der Waals surface area contributed by atoms with Crippen LogP contribution in [0, 0.1) is 0 Å². The summed E-state index contributed by atoms with van der Waals surface area (Å²) in [5, 5.41) is 4.81. The molecule has 0 bridgehead atoms. The molecule has 1 fully saturated rings. The number of nitrogens with two attached hydrogens (primary N) is 1. The van der Waals surface area contributed by atoms with Crippen molar-refractivity contribution < 1.29 is 9.59 Å². The third kappa shape index (κ3) is 2.38. The molecule has 0 spiro atoms. The predicted molar refractivity (Wildman–Crippen MR) is 64.4 cm³/mol. The predicted octanol–water partition coefficient (Wildman–Crippen LogP) is 0.582. The van der Waals surface area contributed by atoms with Crippen molar-refractivity contribution in [2.24, 2.45) is 0 Å². The van der Waals surface area contributed by atoms with Crippen LogP contribution in [0.25, 0.3) is 0 Å². The molecule has 17 heavy (non-hydrogen) atoms. The number of nitrogen functional groups attached to an aromatic ring is 1. The van der Waals surface area contributed by atoms with Crippen LogP contribution in [0.1, 0.15) is 18.1 Å². The van der Waals surface area contributed by atoms with Crippen LogP contribution in [0.3, 0.4) is 0 Å². The molecule has 0 saturated carbocycles. The second kappa shape index (κ2) is 4.45. The van der Waals surface area contributed by atoms with Gasteiger partial charge in [-0.1, -0.05) is 13.0 Å². The maximum atomic E-state index is 11.4. The fraction of sp³-hybridized carbons (Fsp3) is 0.333. The molecule has 1 aromatic rings. The van der Waals surface area contributed by atoms with Crippen molar-refractivity contribution in [2.45, 2.75) is 25.8 Å². The maximum Gasteiger partial charge on any atom is 0.322 e. The number of urea groups is 1. The van der Waals surface area contributed by atoms with Crippen LogP contribution in [0.5, 0.6) is 0 Å². The van der Waals surface area contributed by atoms with Crippen molar-refractivity contribution >= 4 is 17.6 Å². The molecular weight excluding hydrogens is 218 g/mol. The number of amides is 3. The molecule has 0 aromatic heterocycles. The van der Waals surface area contributed by atoms with Crippen LogP contribution in [0.2, 0.25) is 0 Å². The standard InChI is InChI=1S/C12H15N3O2/c1-2-7-5-9(13)4-3-8(7)6-10-11(16)15-12(17)14-10/h3-5,10H,2,6,13H2,1H3,(H2,14,15,16,17). The second-order valence-electron chi connectivity index (χ2n) is 4.10. The van der Waals surface area contributed by atoms with Gasteiger partial charge in [-0.15, -0.1) is 0 Å². The first-order valence-electron chi connectivity index (χ1n) is 5.58. The smallest absolute Gasteiger partial charge is 0.322 e. The molecule has 1 atom stereocenters. The van der Waals surface area contributed by atoms with Gasteiger partial charge in [0, 0.05) is 12.1 Å². The number of benzene rings is 1. The monoisotopic (exact) mass is 233 g/mol. The first-order valence-corrected chi connectivity index (χ1v) is 5.58. The Morgan fingerprint density at radius 2 is 2.06 bits per heavy atom. The number of aryl methyl sites for hydroxylation is 1. The number of imide groups is 1. The molecule has 1 heterocycles. The lowest BCUT2D eigenvalue weighted by atomic mass is 9.98. The van der Waals surface area contributed by atoms with Gasteiger partial charge in [0.15, 0.2) is 0 Å². The van der Waals surface area contributed by atoms with Gasteiger partial charge in [0.05, 0.1) is 0 Å². The summed E-state index contributed by atoms with van der Waals surface area (Å²) in [6, 6.07) is 4.73. The second-order valence-corrected chi connectivity index (χ2v) is 4.10. The average Bonchev–Trinajstić information content (AvgIpc) is 2.60. The number of hydrogen-bond donors (Lipinski definition) is 3. The highest BCUT2D eigenvalue weighted by Gasteiger charge is 2.29. The number of carbonyl (C=O) groups excluding carboxylic acids is 2. The van der Waals surface area contributed by atoms with E-state index in [1.54, 1.807) is 0 Å². The minimum absolute atomic E-state index is 0.270. The number of hydrogen-bond acceptors (Lipinski definition) is 3. The minimum atomic E-state index is -0.476. The Kier molecular flexibility index (Phi) is 2.99. The summed E-state index contributed by atoms with van der Waals surface area (Å²) < 4.78 is 0. The Hall–Kier alpha value is -2.04. The topological polar surface area (TPSA) is 84.2 Å². The molecule has 5 heteroatoms. The first-order chi connectivity index (χ1) is 8.10. The van der Waals surface area contributed by atoms with E-state index in [0.717, 1.165) is 17.5 Å². The third-order valence-electron chi connectivity index (χ3n) is 2.89. The van der Waals surface area contributed by atoms with Crippen LogP contribution >= 0.6 is 0 Å². The highest BCUT2D eigenvalue weighted by atomic mass is 16.2. The lowest BCUT2D eigenvalue weighted by molar-refractivity contribution is -0.120. The minimum Gasteiger partial charge on any atom is -0.399 e. The van der Waals surface area contributed by atoms with Gasteiger partial charge in [0.2, 0.25) is 0 Å². The van der Waals surface area contributed by atoms with Crippen molar-refractivity contribution in [3.63, 3.8) is 0 Å². The molecule has 1 aromatic carbocycles. The first kappa shape index (κ1) is 11.4. The van der Waals surface area contributed by atoms with E-state index in [4.69, 9.17) is 5.73 Å². The number of carbonyl (C=O) groups is 2. The molecule has 0 aliphatic carbocycles. The quantitative estimate of drug-likeness (QED) is 0.527. The van der Waals surface area contributed by atoms with Crippen molar-refractivity contribution in [1.82, 2.24) is 10.6 Å². The van der Waals surface area contributed by atoms with Gasteiger partial charge in [-0.25, -0.2) is 4.79 Å². The molecule has 1 unspecified atom stereocenters. The zero-order chi connectivity index (χ0) is 12.4. The highest BCUT2D eigenvalue weighted by molar-refractivity contribution is 6.04. The SMILES string of the molecule is CCc1cc(N)ccc1CC1NC(=O)NC1=O. The number of rotatable bonds is 3. The maximum absolute atomic E-state index is 11.4. The van der Waals surface area contributed by atoms with Gasteiger partial charge < -0.3 is 11.1 Å². The summed E-state index contributed by atoms with van der Waals surface area (Å²) in [4.78, 5) is 22.4. The molecule has 5 nitrogen and oxygen atoms in total. The normalized spacial score (nSPS) is 19.0. The largest absolute Gasteiger partial charge is 0.399 e. The van der Waals surface area contributed by atoms with E-state index >= 15 is 0 Å². The van der Waals surface area contributed by atoms with Gasteiger partial charge in [-0.05, 0) is 29.7 Å². The van der Waals surface area contributed by atoms with Gasteiger partial charge in [0.1, 0.15) is 6.04 Å². The summed E-state index contributed by atoms with van der Waals surface area (Å²) in [5.74, 6) is -0.270. The lowest BCUT2D eigenvalue weighted by Crippen LogP contribution is -2.31. The third-order valence-corrected chi connectivity index (χ3v) is 2.89. The molecular formula is C12H15N3O2. The molecule has 1 aliphatic heterocycles. The van der Waals surface area contributed by atoms with Gasteiger partial charge in [-0.3, -0.25) is 10.1 Å². The van der Waals surface area contributed by atoms with E-state index in [-0.39, 0.29) is 5.91 Å². The molecule has 0 radical (unpaired) electrons. The fourth-order valence-electron chi connectivity index (χ4n) is 2.00. The average molecular weight is 233 g/mol. The van der Waals surface area contributed by atoms with E-state index in [9.17, 15) is 9.59 Å². The zero-order valence-corrected chi connectivity index (χ0v) is 9.62. The van der Waals surface area contributed by atoms with E-state index in [1.165, 1.54) is 0 Å². The van der Waals surface area contributed by atoms with Crippen molar-refractivity contribution in [2.75, 3.05) is 5.73 Å². The Bertz CT molecular complexity index is 471. The number of nitrogens with one attached hydrogen (secondary N) is 2. The van der Waals surface area contributed by atoms with Crippen LogP contribution in [-0.2, 0) is 17.6 Å². The van der Waals surface area contributed by atoms with E-state index in [0.29, 0.717) is 12.1 Å². The van der Waals surface area contributed by atoms with Crippen LogP contribution in [0.4, 0.5) is 10.5 Å². The summed E-state index contributed by atoms with van der Waals surface area (Å²) in [6.45, 7) is 2.03. The van der Waals surface area contributed by atoms with Crippen molar-refractivity contribution in [3.05, 3.63) is 29.3 Å².